The lowest BCUT2D eigenvalue weighted by Gasteiger charge is -2.25. The summed E-state index contributed by atoms with van der Waals surface area (Å²) in [4.78, 5) is 2.29. The van der Waals surface area contributed by atoms with Crippen LogP contribution in [0.3, 0.4) is 0 Å². The maximum Gasteiger partial charge on any atom is 0.143 e. The van der Waals surface area contributed by atoms with E-state index in [1.807, 2.05) is 0 Å². The summed E-state index contributed by atoms with van der Waals surface area (Å²) < 4.78 is 6.88. The van der Waals surface area contributed by atoms with Crippen molar-refractivity contribution in [2.45, 2.75) is 0 Å². The van der Waals surface area contributed by atoms with Gasteiger partial charge in [-0.2, -0.15) is 0 Å². The van der Waals surface area contributed by atoms with Crippen LogP contribution in [0, 0.1) is 0 Å². The molecule has 0 atom stereocenters. The van der Waals surface area contributed by atoms with Crippen LogP contribution in [0.5, 0.6) is 0 Å². The van der Waals surface area contributed by atoms with Crippen LogP contribution in [0.25, 0.3) is 77.2 Å². The van der Waals surface area contributed by atoms with Crippen molar-refractivity contribution in [1.29, 1.82) is 0 Å². The number of para-hydroxylation sites is 2. The molecule has 0 aliphatic carbocycles. The third-order valence-electron chi connectivity index (χ3n) is 10.5. The van der Waals surface area contributed by atoms with Crippen molar-refractivity contribution in [1.82, 2.24) is 0 Å². The van der Waals surface area contributed by atoms with Crippen molar-refractivity contribution in [2.75, 3.05) is 4.90 Å². The minimum absolute atomic E-state index is 0.887. The highest BCUT2D eigenvalue weighted by Gasteiger charge is 2.21. The standard InChI is InChI=1S/C52H35NO/c1-4-15-38(16-5-1)44-22-12-13-24-47(44)48-35-40-17-10-11-23-46(40)51-50-45(25-14-26-49(50)54-52(48)51)39-29-27-36(28-30-39)37-31-33-43(34-32-37)53(41-18-6-2-7-19-41)42-20-8-3-9-21-42/h1-35H. The van der Waals surface area contributed by atoms with E-state index in [9.17, 15) is 0 Å². The van der Waals surface area contributed by atoms with Crippen molar-refractivity contribution < 1.29 is 4.42 Å². The van der Waals surface area contributed by atoms with Crippen LogP contribution in [-0.4, -0.2) is 0 Å². The molecule has 0 amide bonds. The van der Waals surface area contributed by atoms with Crippen LogP contribution in [0.4, 0.5) is 17.1 Å². The summed E-state index contributed by atoms with van der Waals surface area (Å²) >= 11 is 0. The van der Waals surface area contributed by atoms with Crippen molar-refractivity contribution >= 4 is 49.8 Å². The van der Waals surface area contributed by atoms with Crippen LogP contribution in [0.1, 0.15) is 0 Å². The van der Waals surface area contributed by atoms with Gasteiger partial charge in [-0.3, -0.25) is 0 Å². The fourth-order valence-corrected chi connectivity index (χ4v) is 7.94. The molecule has 0 fully saturated rings. The molecule has 54 heavy (non-hydrogen) atoms. The van der Waals surface area contributed by atoms with Crippen molar-refractivity contribution in [3.05, 3.63) is 212 Å². The first kappa shape index (κ1) is 31.6. The summed E-state index contributed by atoms with van der Waals surface area (Å²) in [5.74, 6) is 0. The quantitative estimate of drug-likeness (QED) is 0.166. The lowest BCUT2D eigenvalue weighted by atomic mass is 9.90. The normalized spacial score (nSPS) is 11.3. The molecule has 0 saturated carbocycles. The number of benzene rings is 9. The summed E-state index contributed by atoms with van der Waals surface area (Å²) in [7, 11) is 0. The molecule has 10 aromatic rings. The molecule has 10 rings (SSSR count). The Balaban J connectivity index is 1.07. The maximum absolute atomic E-state index is 6.88. The highest BCUT2D eigenvalue weighted by Crippen LogP contribution is 2.46. The zero-order chi connectivity index (χ0) is 35.8. The van der Waals surface area contributed by atoms with Crippen LogP contribution in [0.15, 0.2) is 217 Å². The Morgan fingerprint density at radius 1 is 0.315 bits per heavy atom. The summed E-state index contributed by atoms with van der Waals surface area (Å²) in [5.41, 5.74) is 14.5. The number of rotatable bonds is 7. The Labute approximate surface area is 314 Å². The zero-order valence-electron chi connectivity index (χ0n) is 29.6. The molecule has 0 unspecified atom stereocenters. The Bertz CT molecular complexity index is 2850. The van der Waals surface area contributed by atoms with Gasteiger partial charge >= 0.3 is 0 Å². The third-order valence-corrected chi connectivity index (χ3v) is 10.5. The van der Waals surface area contributed by atoms with E-state index in [1.165, 1.54) is 33.0 Å². The molecule has 1 heterocycles. The van der Waals surface area contributed by atoms with Crippen molar-refractivity contribution in [3.8, 4) is 44.5 Å². The molecule has 0 N–H and O–H groups in total. The molecule has 9 aromatic carbocycles. The second kappa shape index (κ2) is 13.4. The Hall–Kier alpha value is -7.16. The first-order valence-electron chi connectivity index (χ1n) is 18.4. The first-order valence-corrected chi connectivity index (χ1v) is 18.4. The van der Waals surface area contributed by atoms with Crippen molar-refractivity contribution in [3.63, 3.8) is 0 Å². The summed E-state index contributed by atoms with van der Waals surface area (Å²) in [6, 6.07) is 75.5. The lowest BCUT2D eigenvalue weighted by Crippen LogP contribution is -2.09. The molecule has 0 saturated heterocycles. The number of nitrogens with zero attached hydrogens (tertiary/aromatic N) is 1. The van der Waals surface area contributed by atoms with Crippen LogP contribution in [0.2, 0.25) is 0 Å². The van der Waals surface area contributed by atoms with Crippen LogP contribution >= 0.6 is 0 Å². The highest BCUT2D eigenvalue weighted by molar-refractivity contribution is 6.26. The van der Waals surface area contributed by atoms with Gasteiger partial charge in [-0.25, -0.2) is 0 Å². The largest absolute Gasteiger partial charge is 0.455 e. The molecule has 2 nitrogen and oxygen atoms in total. The van der Waals surface area contributed by atoms with Gasteiger partial charge in [0.15, 0.2) is 0 Å². The van der Waals surface area contributed by atoms with E-state index in [-0.39, 0.29) is 0 Å². The molecule has 0 spiro atoms. The highest BCUT2D eigenvalue weighted by atomic mass is 16.3. The summed E-state index contributed by atoms with van der Waals surface area (Å²) in [5, 5.41) is 4.67. The first-order chi connectivity index (χ1) is 26.8. The average Bonchev–Trinajstić information content (AvgIpc) is 3.66. The molecular formula is C52H35NO. The van der Waals surface area contributed by atoms with Gasteiger partial charge in [0.1, 0.15) is 11.2 Å². The summed E-state index contributed by atoms with van der Waals surface area (Å²) in [6.45, 7) is 0. The molecule has 0 aliphatic rings. The van der Waals surface area contributed by atoms with Crippen LogP contribution in [-0.2, 0) is 0 Å². The van der Waals surface area contributed by atoms with Gasteiger partial charge in [-0.05, 0) is 98.2 Å². The minimum atomic E-state index is 0.887. The molecule has 2 heteroatoms. The number of furan rings is 1. The van der Waals surface area contributed by atoms with Gasteiger partial charge < -0.3 is 9.32 Å². The molecular weight excluding hydrogens is 655 g/mol. The van der Waals surface area contributed by atoms with Gasteiger partial charge in [0.2, 0.25) is 0 Å². The average molecular weight is 690 g/mol. The maximum atomic E-state index is 6.88. The van der Waals surface area contributed by atoms with Gasteiger partial charge in [0, 0.05) is 33.4 Å². The van der Waals surface area contributed by atoms with E-state index >= 15 is 0 Å². The van der Waals surface area contributed by atoms with E-state index in [4.69, 9.17) is 4.42 Å². The number of hydrogen-bond donors (Lipinski definition) is 0. The Morgan fingerprint density at radius 3 is 1.50 bits per heavy atom. The van der Waals surface area contributed by atoms with E-state index in [2.05, 4.69) is 217 Å². The second-order valence-electron chi connectivity index (χ2n) is 13.7. The zero-order valence-corrected chi connectivity index (χ0v) is 29.6. The fraction of sp³-hybridized carbons (Fsp3) is 0. The van der Waals surface area contributed by atoms with Crippen LogP contribution < -0.4 is 4.90 Å². The minimum Gasteiger partial charge on any atom is -0.455 e. The molecule has 1 aromatic heterocycles. The van der Waals surface area contributed by atoms with Gasteiger partial charge in [-0.15, -0.1) is 0 Å². The number of anilines is 3. The van der Waals surface area contributed by atoms with Gasteiger partial charge in [0.05, 0.1) is 0 Å². The van der Waals surface area contributed by atoms with Gasteiger partial charge in [0.25, 0.3) is 0 Å². The monoisotopic (exact) mass is 689 g/mol. The molecule has 0 aliphatic heterocycles. The van der Waals surface area contributed by atoms with E-state index in [0.29, 0.717) is 0 Å². The predicted octanol–water partition coefficient (Wildman–Crippen LogP) is 14.9. The fourth-order valence-electron chi connectivity index (χ4n) is 7.94. The second-order valence-corrected chi connectivity index (χ2v) is 13.7. The molecule has 254 valence electrons. The number of hydrogen-bond acceptors (Lipinski definition) is 2. The van der Waals surface area contributed by atoms with E-state index < -0.39 is 0 Å². The SMILES string of the molecule is c1ccc(-c2ccccc2-c2cc3ccccc3c3c2oc2cccc(-c4ccc(-c5ccc(N(c6ccccc6)c6ccccc6)cc5)cc4)c23)cc1. The Morgan fingerprint density at radius 2 is 0.815 bits per heavy atom. The summed E-state index contributed by atoms with van der Waals surface area (Å²) in [6.07, 6.45) is 0. The predicted molar refractivity (Wildman–Crippen MR) is 228 cm³/mol. The lowest BCUT2D eigenvalue weighted by molar-refractivity contribution is 0.670. The number of fused-ring (bicyclic) bond motifs is 5. The van der Waals surface area contributed by atoms with E-state index in [0.717, 1.165) is 61.3 Å². The Kier molecular flexibility index (Phi) is 7.85. The van der Waals surface area contributed by atoms with E-state index in [1.54, 1.807) is 0 Å². The van der Waals surface area contributed by atoms with Gasteiger partial charge in [-0.1, -0.05) is 164 Å². The molecule has 0 radical (unpaired) electrons. The van der Waals surface area contributed by atoms with Crippen molar-refractivity contribution in [2.24, 2.45) is 0 Å². The topological polar surface area (TPSA) is 16.4 Å². The third kappa shape index (κ3) is 5.53. The molecule has 0 bridgehead atoms. The smallest absolute Gasteiger partial charge is 0.143 e.